The summed E-state index contributed by atoms with van der Waals surface area (Å²) in [5.74, 6) is 0.676. The van der Waals surface area contributed by atoms with Crippen LogP contribution in [0.5, 0.6) is 0 Å². The second-order valence-corrected chi connectivity index (χ2v) is 8.06. The van der Waals surface area contributed by atoms with E-state index in [2.05, 4.69) is 25.6 Å². The van der Waals surface area contributed by atoms with Gasteiger partial charge in [-0.05, 0) is 31.5 Å². The number of aromatic nitrogens is 5. The molecule has 2 aromatic heterocycles. The summed E-state index contributed by atoms with van der Waals surface area (Å²) in [6.07, 6.45) is 1.95. The number of nitrogens with one attached hydrogen (secondary N) is 1. The first-order valence-electron chi connectivity index (χ1n) is 9.91. The molecule has 7 nitrogen and oxygen atoms in total. The van der Waals surface area contributed by atoms with E-state index < -0.39 is 0 Å². The lowest BCUT2D eigenvalue weighted by Gasteiger charge is -2.24. The minimum atomic E-state index is -0.122. The van der Waals surface area contributed by atoms with Gasteiger partial charge in [-0.2, -0.15) is 14.9 Å². The number of benzene rings is 2. The Morgan fingerprint density at radius 2 is 1.81 bits per heavy atom. The number of nitrogens with zero attached hydrogens (tertiary/aromatic N) is 5. The molecule has 0 saturated carbocycles. The van der Waals surface area contributed by atoms with Crippen LogP contribution in [0.3, 0.4) is 0 Å². The number of halogens is 1. The lowest BCUT2D eigenvalue weighted by Crippen LogP contribution is -2.25. The monoisotopic (exact) mass is 430 g/mol. The van der Waals surface area contributed by atoms with E-state index in [0.29, 0.717) is 28.9 Å². The van der Waals surface area contributed by atoms with Crippen LogP contribution in [0.25, 0.3) is 17.2 Å². The van der Waals surface area contributed by atoms with Gasteiger partial charge in [0.05, 0.1) is 17.6 Å². The summed E-state index contributed by atoms with van der Waals surface area (Å²) >= 11 is 6.05. The standard InChI is InChI=1S/C23H19ClN6O/c1-13-3-5-16(6-4-13)19-12-25-28-23(26-19)30-22-21(14(2)29-30)18(11-20(31)27-22)15-7-9-17(24)10-8-15/h3-10,12,18H,11H2,1-2H3,(H,27,31)/t18-/m1/s1. The van der Waals surface area contributed by atoms with Crippen molar-refractivity contribution in [2.24, 2.45) is 0 Å². The molecule has 0 radical (unpaired) electrons. The van der Waals surface area contributed by atoms with Crippen LogP contribution in [-0.2, 0) is 4.79 Å². The van der Waals surface area contributed by atoms with Crippen molar-refractivity contribution in [3.8, 4) is 17.2 Å². The predicted octanol–water partition coefficient (Wildman–Crippen LogP) is 4.47. The van der Waals surface area contributed by atoms with Gasteiger partial charge in [-0.25, -0.2) is 4.98 Å². The molecule has 1 aliphatic rings. The number of anilines is 1. The lowest BCUT2D eigenvalue weighted by atomic mass is 9.86. The summed E-state index contributed by atoms with van der Waals surface area (Å²) in [4.78, 5) is 17.2. The second-order valence-electron chi connectivity index (χ2n) is 7.62. The number of aryl methyl sites for hydroxylation is 2. The third-order valence-electron chi connectivity index (χ3n) is 5.46. The number of fused-ring (bicyclic) bond motifs is 1. The van der Waals surface area contributed by atoms with E-state index in [1.165, 1.54) is 5.56 Å². The minimum absolute atomic E-state index is 0.0868. The molecule has 5 rings (SSSR count). The Labute approximate surface area is 184 Å². The van der Waals surface area contributed by atoms with Crippen molar-refractivity contribution in [3.63, 3.8) is 0 Å². The molecule has 0 fully saturated rings. The zero-order valence-corrected chi connectivity index (χ0v) is 17.8. The third-order valence-corrected chi connectivity index (χ3v) is 5.71. The quantitative estimate of drug-likeness (QED) is 0.518. The predicted molar refractivity (Wildman–Crippen MR) is 118 cm³/mol. The summed E-state index contributed by atoms with van der Waals surface area (Å²) in [5.41, 5.74) is 5.55. The average Bonchev–Trinajstić information content (AvgIpc) is 3.10. The molecule has 0 unspecified atom stereocenters. The van der Waals surface area contributed by atoms with Crippen molar-refractivity contribution in [2.45, 2.75) is 26.2 Å². The summed E-state index contributed by atoms with van der Waals surface area (Å²) in [7, 11) is 0. The Bertz CT molecular complexity index is 1280. The second kappa shape index (κ2) is 7.59. The summed E-state index contributed by atoms with van der Waals surface area (Å²) in [5, 5.41) is 16.6. The molecule has 8 heteroatoms. The molecule has 1 amide bonds. The highest BCUT2D eigenvalue weighted by atomic mass is 35.5. The van der Waals surface area contributed by atoms with E-state index in [0.717, 1.165) is 22.4 Å². The van der Waals surface area contributed by atoms with Gasteiger partial charge in [0.25, 0.3) is 5.95 Å². The molecule has 154 valence electrons. The van der Waals surface area contributed by atoms with E-state index in [-0.39, 0.29) is 11.8 Å². The van der Waals surface area contributed by atoms with Gasteiger partial charge in [0, 0.05) is 28.5 Å². The van der Waals surface area contributed by atoms with Crippen LogP contribution < -0.4 is 5.32 Å². The van der Waals surface area contributed by atoms with Gasteiger partial charge in [0.15, 0.2) is 0 Å². The van der Waals surface area contributed by atoms with E-state index in [9.17, 15) is 4.79 Å². The first-order chi connectivity index (χ1) is 15.0. The number of carbonyl (C=O) groups excluding carboxylic acids is 1. The molecule has 2 aromatic carbocycles. The summed E-state index contributed by atoms with van der Waals surface area (Å²) in [6, 6.07) is 15.6. The van der Waals surface area contributed by atoms with E-state index in [1.807, 2.05) is 62.4 Å². The van der Waals surface area contributed by atoms with Crippen molar-refractivity contribution < 1.29 is 4.79 Å². The van der Waals surface area contributed by atoms with Gasteiger partial charge in [0.1, 0.15) is 5.82 Å². The third kappa shape index (κ3) is 3.57. The fourth-order valence-corrected chi connectivity index (χ4v) is 4.04. The molecular weight excluding hydrogens is 412 g/mol. The molecule has 0 bridgehead atoms. The van der Waals surface area contributed by atoms with Crippen molar-refractivity contribution in [3.05, 3.63) is 82.1 Å². The Balaban J connectivity index is 1.60. The Morgan fingerprint density at radius 1 is 1.06 bits per heavy atom. The van der Waals surface area contributed by atoms with Crippen LogP contribution >= 0.6 is 11.6 Å². The molecule has 0 aliphatic carbocycles. The van der Waals surface area contributed by atoms with Crippen molar-refractivity contribution in [1.29, 1.82) is 0 Å². The maximum atomic E-state index is 12.6. The molecule has 1 atom stereocenters. The molecule has 0 spiro atoms. The van der Waals surface area contributed by atoms with Gasteiger partial charge in [-0.15, -0.1) is 5.10 Å². The number of hydrogen-bond donors (Lipinski definition) is 1. The van der Waals surface area contributed by atoms with E-state index in [1.54, 1.807) is 10.9 Å². The normalized spacial score (nSPS) is 15.5. The Hall–Kier alpha value is -3.58. The van der Waals surface area contributed by atoms with Crippen molar-refractivity contribution in [2.75, 3.05) is 5.32 Å². The topological polar surface area (TPSA) is 85.6 Å². The highest BCUT2D eigenvalue weighted by Crippen LogP contribution is 2.40. The van der Waals surface area contributed by atoms with Crippen LogP contribution in [-0.4, -0.2) is 30.9 Å². The van der Waals surface area contributed by atoms with Crippen LogP contribution in [0.4, 0.5) is 5.82 Å². The zero-order chi connectivity index (χ0) is 21.5. The first-order valence-corrected chi connectivity index (χ1v) is 10.3. The van der Waals surface area contributed by atoms with Gasteiger partial charge in [-0.1, -0.05) is 53.6 Å². The van der Waals surface area contributed by atoms with Crippen LogP contribution in [0.15, 0.2) is 54.7 Å². The molecular formula is C23H19ClN6O. The van der Waals surface area contributed by atoms with Crippen LogP contribution in [0.2, 0.25) is 5.02 Å². The Kier molecular flexibility index (Phi) is 4.75. The number of hydrogen-bond acceptors (Lipinski definition) is 5. The van der Waals surface area contributed by atoms with Gasteiger partial charge >= 0.3 is 0 Å². The van der Waals surface area contributed by atoms with Crippen molar-refractivity contribution >= 4 is 23.3 Å². The molecule has 4 aromatic rings. The summed E-state index contributed by atoms with van der Waals surface area (Å²) in [6.45, 7) is 3.96. The summed E-state index contributed by atoms with van der Waals surface area (Å²) < 4.78 is 1.56. The number of amides is 1. The molecule has 0 saturated heterocycles. The molecule has 1 aliphatic heterocycles. The minimum Gasteiger partial charge on any atom is -0.310 e. The SMILES string of the molecule is Cc1ccc(-c2cnnc(-n3nc(C)c4c3NC(=O)C[C@@H]4c3ccc(Cl)cc3)n2)cc1. The van der Waals surface area contributed by atoms with E-state index >= 15 is 0 Å². The Morgan fingerprint density at radius 3 is 2.55 bits per heavy atom. The maximum Gasteiger partial charge on any atom is 0.272 e. The fraction of sp³-hybridized carbons (Fsp3) is 0.174. The highest BCUT2D eigenvalue weighted by Gasteiger charge is 2.33. The smallest absolute Gasteiger partial charge is 0.272 e. The largest absolute Gasteiger partial charge is 0.310 e. The maximum absolute atomic E-state index is 12.6. The zero-order valence-electron chi connectivity index (χ0n) is 17.0. The van der Waals surface area contributed by atoms with Gasteiger partial charge < -0.3 is 5.32 Å². The lowest BCUT2D eigenvalue weighted by molar-refractivity contribution is -0.116. The number of carbonyl (C=O) groups is 1. The van der Waals surface area contributed by atoms with Gasteiger partial charge in [0.2, 0.25) is 5.91 Å². The first kappa shape index (κ1) is 19.4. The fourth-order valence-electron chi connectivity index (χ4n) is 3.92. The van der Waals surface area contributed by atoms with Crippen LogP contribution in [0, 0.1) is 13.8 Å². The highest BCUT2D eigenvalue weighted by molar-refractivity contribution is 6.30. The van der Waals surface area contributed by atoms with Crippen LogP contribution in [0.1, 0.15) is 34.7 Å². The number of rotatable bonds is 3. The van der Waals surface area contributed by atoms with Gasteiger partial charge in [-0.3, -0.25) is 4.79 Å². The average molecular weight is 431 g/mol. The van der Waals surface area contributed by atoms with Crippen molar-refractivity contribution in [1.82, 2.24) is 25.0 Å². The molecule has 31 heavy (non-hydrogen) atoms. The molecule has 3 heterocycles. The van der Waals surface area contributed by atoms with E-state index in [4.69, 9.17) is 11.6 Å². The molecule has 1 N–H and O–H groups in total.